The minimum Gasteiger partial charge on any atom is -0.364 e. The number of hydrogen-bond acceptors (Lipinski definition) is 5. The van der Waals surface area contributed by atoms with E-state index < -0.39 is 11.2 Å². The smallest absolute Gasteiger partial charge is 0.342 e. The van der Waals surface area contributed by atoms with E-state index in [1.165, 1.54) is 18.6 Å². The summed E-state index contributed by atoms with van der Waals surface area (Å²) >= 11 is 1.86. The predicted octanol–water partition coefficient (Wildman–Crippen LogP) is 0.793. The maximum absolute atomic E-state index is 11.2. The van der Waals surface area contributed by atoms with Gasteiger partial charge in [0.1, 0.15) is 0 Å². The van der Waals surface area contributed by atoms with Crippen LogP contribution in [0, 0.1) is 0 Å². The SMILES string of the molecule is CSCCCCCCNc1n[nH]c(=O)[nH]c1=O. The Morgan fingerprint density at radius 1 is 1.24 bits per heavy atom. The molecule has 0 atom stereocenters. The summed E-state index contributed by atoms with van der Waals surface area (Å²) in [7, 11) is 0. The molecule has 0 saturated carbocycles. The Labute approximate surface area is 104 Å². The Kier molecular flexibility index (Phi) is 6.46. The van der Waals surface area contributed by atoms with Crippen LogP contribution in [-0.2, 0) is 0 Å². The molecule has 0 unspecified atom stereocenters. The molecule has 1 heterocycles. The number of unbranched alkanes of at least 4 members (excludes halogenated alkanes) is 3. The van der Waals surface area contributed by atoms with Gasteiger partial charge in [-0.1, -0.05) is 12.8 Å². The first-order valence-electron chi connectivity index (χ1n) is 5.66. The lowest BCUT2D eigenvalue weighted by atomic mass is 10.2. The molecule has 0 bridgehead atoms. The van der Waals surface area contributed by atoms with Gasteiger partial charge < -0.3 is 5.32 Å². The molecule has 96 valence electrons. The number of anilines is 1. The average Bonchev–Trinajstić information content (AvgIpc) is 2.30. The van der Waals surface area contributed by atoms with Gasteiger partial charge in [-0.3, -0.25) is 9.78 Å². The van der Waals surface area contributed by atoms with Gasteiger partial charge in [0.25, 0.3) is 5.56 Å². The maximum Gasteiger partial charge on any atom is 0.342 e. The Morgan fingerprint density at radius 2 is 2.00 bits per heavy atom. The van der Waals surface area contributed by atoms with Crippen molar-refractivity contribution < 1.29 is 0 Å². The van der Waals surface area contributed by atoms with Crippen molar-refractivity contribution in [2.24, 2.45) is 0 Å². The second-order valence-electron chi connectivity index (χ2n) is 3.69. The van der Waals surface area contributed by atoms with Crippen molar-refractivity contribution in [3.8, 4) is 0 Å². The van der Waals surface area contributed by atoms with Gasteiger partial charge in [-0.25, -0.2) is 9.89 Å². The topological polar surface area (TPSA) is 90.6 Å². The molecule has 1 aromatic heterocycles. The number of nitrogens with zero attached hydrogens (tertiary/aromatic N) is 1. The van der Waals surface area contributed by atoms with Crippen molar-refractivity contribution >= 4 is 17.6 Å². The lowest BCUT2D eigenvalue weighted by molar-refractivity contribution is 0.686. The molecular weight excluding hydrogens is 240 g/mol. The van der Waals surface area contributed by atoms with Gasteiger partial charge in [-0.15, -0.1) is 5.10 Å². The minimum atomic E-state index is -0.586. The molecule has 0 fully saturated rings. The Morgan fingerprint density at radius 3 is 2.71 bits per heavy atom. The van der Waals surface area contributed by atoms with Gasteiger partial charge in [0, 0.05) is 6.54 Å². The number of hydrogen-bond donors (Lipinski definition) is 3. The van der Waals surface area contributed by atoms with Gasteiger partial charge in [0.15, 0.2) is 0 Å². The number of aromatic amines is 2. The summed E-state index contributed by atoms with van der Waals surface area (Å²) in [5, 5.41) is 8.71. The van der Waals surface area contributed by atoms with E-state index in [2.05, 4.69) is 26.8 Å². The van der Waals surface area contributed by atoms with Gasteiger partial charge in [0.05, 0.1) is 0 Å². The lowest BCUT2D eigenvalue weighted by Crippen LogP contribution is -2.27. The Bertz CT molecular complexity index is 429. The zero-order chi connectivity index (χ0) is 12.5. The summed E-state index contributed by atoms with van der Waals surface area (Å²) in [5.41, 5.74) is -1.06. The summed E-state index contributed by atoms with van der Waals surface area (Å²) < 4.78 is 0. The van der Waals surface area contributed by atoms with Crippen LogP contribution < -0.4 is 16.6 Å². The van der Waals surface area contributed by atoms with Crippen molar-refractivity contribution in [3.63, 3.8) is 0 Å². The average molecular weight is 258 g/mol. The fourth-order valence-electron chi connectivity index (χ4n) is 1.40. The van der Waals surface area contributed by atoms with Crippen LogP contribution in [-0.4, -0.2) is 33.7 Å². The second-order valence-corrected chi connectivity index (χ2v) is 4.67. The zero-order valence-corrected chi connectivity index (χ0v) is 10.7. The fraction of sp³-hybridized carbons (Fsp3) is 0.700. The molecule has 0 aliphatic carbocycles. The quantitative estimate of drug-likeness (QED) is 0.600. The van der Waals surface area contributed by atoms with Crippen molar-refractivity contribution in [1.29, 1.82) is 0 Å². The molecule has 1 rings (SSSR count). The zero-order valence-electron chi connectivity index (χ0n) is 9.91. The van der Waals surface area contributed by atoms with E-state index in [0.717, 1.165) is 12.8 Å². The van der Waals surface area contributed by atoms with Crippen molar-refractivity contribution in [2.75, 3.05) is 23.9 Å². The van der Waals surface area contributed by atoms with E-state index in [9.17, 15) is 9.59 Å². The lowest BCUT2D eigenvalue weighted by Gasteiger charge is -2.03. The van der Waals surface area contributed by atoms with E-state index in [-0.39, 0.29) is 5.82 Å². The van der Waals surface area contributed by atoms with Gasteiger partial charge >= 0.3 is 5.69 Å². The van der Waals surface area contributed by atoms with Crippen LogP contribution in [0.15, 0.2) is 9.59 Å². The molecule has 1 aromatic rings. The third kappa shape index (κ3) is 5.58. The van der Waals surface area contributed by atoms with Crippen LogP contribution in [0.4, 0.5) is 5.82 Å². The summed E-state index contributed by atoms with van der Waals surface area (Å²) in [6.07, 6.45) is 6.68. The monoisotopic (exact) mass is 258 g/mol. The number of thioether (sulfide) groups is 1. The molecule has 0 aromatic carbocycles. The van der Waals surface area contributed by atoms with Gasteiger partial charge in [-0.2, -0.15) is 11.8 Å². The maximum atomic E-state index is 11.2. The first kappa shape index (κ1) is 13.8. The number of nitrogens with one attached hydrogen (secondary N) is 3. The molecular formula is C10H18N4O2S. The Hall–Kier alpha value is -1.24. The number of rotatable bonds is 8. The van der Waals surface area contributed by atoms with Crippen LogP contribution in [0.3, 0.4) is 0 Å². The van der Waals surface area contributed by atoms with Gasteiger partial charge in [0.2, 0.25) is 5.82 Å². The molecule has 0 radical (unpaired) electrons. The largest absolute Gasteiger partial charge is 0.364 e. The second kappa shape index (κ2) is 7.94. The minimum absolute atomic E-state index is 0.175. The first-order chi connectivity index (χ1) is 8.24. The predicted molar refractivity (Wildman–Crippen MR) is 70.8 cm³/mol. The molecule has 0 aliphatic heterocycles. The highest BCUT2D eigenvalue weighted by molar-refractivity contribution is 7.98. The van der Waals surface area contributed by atoms with Crippen molar-refractivity contribution in [1.82, 2.24) is 15.2 Å². The van der Waals surface area contributed by atoms with Crippen LogP contribution in [0.2, 0.25) is 0 Å². The standard InChI is InChI=1S/C10H18N4O2S/c1-17-7-5-3-2-4-6-11-8-9(15)12-10(16)14-13-8/h2-7H2,1H3,(H,11,13)(H2,12,14,15,16). The van der Waals surface area contributed by atoms with Crippen LogP contribution >= 0.6 is 11.8 Å². The molecule has 3 N–H and O–H groups in total. The molecule has 7 heteroatoms. The molecule has 6 nitrogen and oxygen atoms in total. The molecule has 0 spiro atoms. The van der Waals surface area contributed by atoms with Crippen LogP contribution in [0.5, 0.6) is 0 Å². The summed E-state index contributed by atoms with van der Waals surface area (Å²) in [6.45, 7) is 0.696. The summed E-state index contributed by atoms with van der Waals surface area (Å²) in [6, 6.07) is 0. The van der Waals surface area contributed by atoms with E-state index in [4.69, 9.17) is 0 Å². The van der Waals surface area contributed by atoms with E-state index in [0.29, 0.717) is 6.54 Å². The number of H-pyrrole nitrogens is 2. The highest BCUT2D eigenvalue weighted by Crippen LogP contribution is 2.04. The van der Waals surface area contributed by atoms with Crippen molar-refractivity contribution in [3.05, 3.63) is 20.8 Å². The van der Waals surface area contributed by atoms with Crippen LogP contribution in [0.25, 0.3) is 0 Å². The van der Waals surface area contributed by atoms with E-state index in [1.807, 2.05) is 11.8 Å². The molecule has 0 aliphatic rings. The first-order valence-corrected chi connectivity index (χ1v) is 7.05. The third-order valence-corrected chi connectivity index (χ3v) is 2.98. The van der Waals surface area contributed by atoms with E-state index in [1.54, 1.807) is 0 Å². The highest BCUT2D eigenvalue weighted by atomic mass is 32.2. The normalized spacial score (nSPS) is 10.4. The summed E-state index contributed by atoms with van der Waals surface area (Å²) in [4.78, 5) is 24.1. The number of aromatic nitrogens is 3. The van der Waals surface area contributed by atoms with Gasteiger partial charge in [-0.05, 0) is 24.9 Å². The molecule has 0 amide bonds. The molecule has 0 saturated heterocycles. The van der Waals surface area contributed by atoms with Crippen molar-refractivity contribution in [2.45, 2.75) is 25.7 Å². The molecule has 17 heavy (non-hydrogen) atoms. The van der Waals surface area contributed by atoms with Crippen LogP contribution in [0.1, 0.15) is 25.7 Å². The van der Waals surface area contributed by atoms with E-state index >= 15 is 0 Å². The Balaban J connectivity index is 2.18. The summed E-state index contributed by atoms with van der Waals surface area (Å²) in [5.74, 6) is 1.38. The third-order valence-electron chi connectivity index (χ3n) is 2.28. The highest BCUT2D eigenvalue weighted by Gasteiger charge is 2.00. The fourth-order valence-corrected chi connectivity index (χ4v) is 1.89.